The lowest BCUT2D eigenvalue weighted by atomic mass is 9.90. The summed E-state index contributed by atoms with van der Waals surface area (Å²) in [6.07, 6.45) is 3.58. The van der Waals surface area contributed by atoms with Gasteiger partial charge in [0.2, 0.25) is 0 Å². The van der Waals surface area contributed by atoms with Crippen molar-refractivity contribution in [2.24, 2.45) is 5.92 Å². The number of hydrogen-bond donors (Lipinski definition) is 1. The van der Waals surface area contributed by atoms with E-state index in [2.05, 4.69) is 42.5 Å². The van der Waals surface area contributed by atoms with Gasteiger partial charge in [-0.3, -0.25) is 0 Å². The highest BCUT2D eigenvalue weighted by Crippen LogP contribution is 2.24. The Balaban J connectivity index is 1.69. The first-order valence-corrected chi connectivity index (χ1v) is 7.55. The van der Waals surface area contributed by atoms with Gasteiger partial charge in [0.25, 0.3) is 0 Å². The minimum absolute atomic E-state index is 0.246. The number of ether oxygens (including phenoxy) is 1. The Morgan fingerprint density at radius 2 is 1.80 bits per heavy atom. The van der Waals surface area contributed by atoms with Crippen LogP contribution in [0.4, 0.5) is 0 Å². The van der Waals surface area contributed by atoms with Crippen LogP contribution in [0.5, 0.6) is 0 Å². The molecule has 2 aromatic carbocycles. The second kappa shape index (κ2) is 6.38. The Morgan fingerprint density at radius 1 is 1.05 bits per heavy atom. The SMILES string of the molecule is OC(Cc1cccc2ccccc12)CC1CCOCC1. The molecule has 1 saturated heterocycles. The molecule has 2 nitrogen and oxygen atoms in total. The van der Waals surface area contributed by atoms with Gasteiger partial charge in [-0.1, -0.05) is 42.5 Å². The average Bonchev–Trinajstić information content (AvgIpc) is 2.48. The summed E-state index contributed by atoms with van der Waals surface area (Å²) in [5.41, 5.74) is 1.25. The molecule has 1 N–H and O–H groups in total. The fourth-order valence-electron chi connectivity index (χ4n) is 3.17. The summed E-state index contributed by atoms with van der Waals surface area (Å²) in [7, 11) is 0. The van der Waals surface area contributed by atoms with Crippen molar-refractivity contribution >= 4 is 10.8 Å². The summed E-state index contributed by atoms with van der Waals surface area (Å²) in [6.45, 7) is 1.71. The first-order valence-electron chi connectivity index (χ1n) is 7.55. The Bertz CT molecular complexity index is 553. The first kappa shape index (κ1) is 13.6. The molecule has 2 aromatic rings. The van der Waals surface area contributed by atoms with E-state index in [1.165, 1.54) is 16.3 Å². The standard InChI is InChI=1S/C18H22O2/c19-17(12-14-8-10-20-11-9-14)13-16-6-3-5-15-4-1-2-7-18(15)16/h1-7,14,17,19H,8-13H2. The third-order valence-electron chi connectivity index (χ3n) is 4.28. The van der Waals surface area contributed by atoms with E-state index in [4.69, 9.17) is 4.74 Å². The van der Waals surface area contributed by atoms with Crippen LogP contribution >= 0.6 is 0 Å². The van der Waals surface area contributed by atoms with E-state index >= 15 is 0 Å². The normalized spacial score (nSPS) is 18.2. The van der Waals surface area contributed by atoms with Crippen LogP contribution in [0.2, 0.25) is 0 Å². The molecule has 1 aliphatic rings. The number of aliphatic hydroxyl groups excluding tert-OH is 1. The maximum absolute atomic E-state index is 10.4. The third kappa shape index (κ3) is 3.20. The molecule has 1 fully saturated rings. The van der Waals surface area contributed by atoms with Gasteiger partial charge in [-0.2, -0.15) is 0 Å². The topological polar surface area (TPSA) is 29.5 Å². The second-order valence-corrected chi connectivity index (χ2v) is 5.79. The lowest BCUT2D eigenvalue weighted by Crippen LogP contribution is -2.22. The maximum atomic E-state index is 10.4. The zero-order chi connectivity index (χ0) is 13.8. The van der Waals surface area contributed by atoms with Crippen LogP contribution < -0.4 is 0 Å². The summed E-state index contributed by atoms with van der Waals surface area (Å²) in [4.78, 5) is 0. The van der Waals surface area contributed by atoms with Gasteiger partial charge in [-0.05, 0) is 47.9 Å². The number of hydrogen-bond acceptors (Lipinski definition) is 2. The summed E-state index contributed by atoms with van der Waals surface area (Å²) >= 11 is 0. The van der Waals surface area contributed by atoms with Gasteiger partial charge < -0.3 is 9.84 Å². The van der Waals surface area contributed by atoms with Crippen molar-refractivity contribution in [3.8, 4) is 0 Å². The molecule has 0 aliphatic carbocycles. The Hall–Kier alpha value is -1.38. The van der Waals surface area contributed by atoms with E-state index < -0.39 is 0 Å². The molecule has 1 heterocycles. The van der Waals surface area contributed by atoms with Crippen molar-refractivity contribution < 1.29 is 9.84 Å². The Labute approximate surface area is 120 Å². The fourth-order valence-corrected chi connectivity index (χ4v) is 3.17. The molecule has 1 unspecified atom stereocenters. The Kier molecular flexibility index (Phi) is 4.34. The van der Waals surface area contributed by atoms with Gasteiger partial charge in [0.1, 0.15) is 0 Å². The summed E-state index contributed by atoms with van der Waals surface area (Å²) in [5.74, 6) is 0.619. The van der Waals surface area contributed by atoms with Gasteiger partial charge in [-0.25, -0.2) is 0 Å². The molecule has 1 atom stereocenters. The van der Waals surface area contributed by atoms with Crippen molar-refractivity contribution in [1.82, 2.24) is 0 Å². The van der Waals surface area contributed by atoms with E-state index in [9.17, 15) is 5.11 Å². The van der Waals surface area contributed by atoms with Gasteiger partial charge >= 0.3 is 0 Å². The first-order chi connectivity index (χ1) is 9.83. The van der Waals surface area contributed by atoms with Crippen LogP contribution in [0.15, 0.2) is 42.5 Å². The fraction of sp³-hybridized carbons (Fsp3) is 0.444. The van der Waals surface area contributed by atoms with Crippen molar-refractivity contribution in [3.05, 3.63) is 48.0 Å². The largest absolute Gasteiger partial charge is 0.393 e. The zero-order valence-electron chi connectivity index (χ0n) is 11.8. The van der Waals surface area contributed by atoms with Crippen LogP contribution in [0, 0.1) is 5.92 Å². The third-order valence-corrected chi connectivity index (χ3v) is 4.28. The van der Waals surface area contributed by atoms with Crippen molar-refractivity contribution in [1.29, 1.82) is 0 Å². The van der Waals surface area contributed by atoms with Crippen LogP contribution in [0.25, 0.3) is 10.8 Å². The monoisotopic (exact) mass is 270 g/mol. The molecular formula is C18H22O2. The molecule has 20 heavy (non-hydrogen) atoms. The highest BCUT2D eigenvalue weighted by Gasteiger charge is 2.18. The van der Waals surface area contributed by atoms with Crippen LogP contribution in [-0.4, -0.2) is 24.4 Å². The highest BCUT2D eigenvalue weighted by molar-refractivity contribution is 5.85. The quantitative estimate of drug-likeness (QED) is 0.920. The summed E-state index contributed by atoms with van der Waals surface area (Å²) in [5, 5.41) is 12.9. The predicted octanol–water partition coefficient (Wildman–Crippen LogP) is 3.56. The van der Waals surface area contributed by atoms with E-state index in [0.717, 1.165) is 38.9 Å². The van der Waals surface area contributed by atoms with Gasteiger partial charge in [-0.15, -0.1) is 0 Å². The summed E-state index contributed by atoms with van der Waals surface area (Å²) < 4.78 is 5.38. The highest BCUT2D eigenvalue weighted by atomic mass is 16.5. The number of benzene rings is 2. The zero-order valence-corrected chi connectivity index (χ0v) is 11.8. The van der Waals surface area contributed by atoms with Gasteiger partial charge in [0, 0.05) is 13.2 Å². The van der Waals surface area contributed by atoms with Gasteiger partial charge in [0.05, 0.1) is 6.10 Å². The minimum atomic E-state index is -0.246. The molecule has 3 rings (SSSR count). The smallest absolute Gasteiger partial charge is 0.0583 e. The minimum Gasteiger partial charge on any atom is -0.393 e. The van der Waals surface area contributed by atoms with Gasteiger partial charge in [0.15, 0.2) is 0 Å². The van der Waals surface area contributed by atoms with Crippen molar-refractivity contribution in [2.45, 2.75) is 31.8 Å². The molecule has 0 radical (unpaired) electrons. The van der Waals surface area contributed by atoms with E-state index in [1.54, 1.807) is 0 Å². The van der Waals surface area contributed by atoms with Crippen LogP contribution in [0.1, 0.15) is 24.8 Å². The number of aliphatic hydroxyl groups is 1. The summed E-state index contributed by atoms with van der Waals surface area (Å²) in [6, 6.07) is 14.7. The van der Waals surface area contributed by atoms with E-state index in [-0.39, 0.29) is 6.10 Å². The molecular weight excluding hydrogens is 248 g/mol. The van der Waals surface area contributed by atoms with E-state index in [1.807, 2.05) is 0 Å². The van der Waals surface area contributed by atoms with Crippen LogP contribution in [-0.2, 0) is 11.2 Å². The molecule has 1 aliphatic heterocycles. The number of rotatable bonds is 4. The van der Waals surface area contributed by atoms with E-state index in [0.29, 0.717) is 5.92 Å². The number of fused-ring (bicyclic) bond motifs is 1. The Morgan fingerprint density at radius 3 is 2.65 bits per heavy atom. The molecule has 0 aromatic heterocycles. The second-order valence-electron chi connectivity index (χ2n) is 5.79. The molecule has 0 saturated carbocycles. The maximum Gasteiger partial charge on any atom is 0.0583 e. The molecule has 0 amide bonds. The molecule has 2 heteroatoms. The molecule has 0 bridgehead atoms. The van der Waals surface area contributed by atoms with Crippen molar-refractivity contribution in [3.63, 3.8) is 0 Å². The molecule has 0 spiro atoms. The predicted molar refractivity (Wildman–Crippen MR) is 81.8 cm³/mol. The lowest BCUT2D eigenvalue weighted by Gasteiger charge is -2.24. The lowest BCUT2D eigenvalue weighted by molar-refractivity contribution is 0.0439. The average molecular weight is 270 g/mol. The molecule has 106 valence electrons. The van der Waals surface area contributed by atoms with Crippen molar-refractivity contribution in [2.75, 3.05) is 13.2 Å². The van der Waals surface area contributed by atoms with Crippen LogP contribution in [0.3, 0.4) is 0 Å².